The molecular formula is C27H48OSi. The van der Waals surface area contributed by atoms with Gasteiger partial charge >= 0.3 is 0 Å². The first-order valence-corrected chi connectivity index (χ1v) is 15.7. The molecule has 0 amide bonds. The summed E-state index contributed by atoms with van der Waals surface area (Å²) in [6, 6.07) is 0. The molecule has 0 aromatic rings. The molecule has 29 heavy (non-hydrogen) atoms. The van der Waals surface area contributed by atoms with Gasteiger partial charge in [0.25, 0.3) is 0 Å². The van der Waals surface area contributed by atoms with Crippen molar-refractivity contribution in [2.45, 2.75) is 124 Å². The van der Waals surface area contributed by atoms with Crippen LogP contribution in [0.1, 0.15) is 99.3 Å². The van der Waals surface area contributed by atoms with Gasteiger partial charge in [-0.05, 0) is 117 Å². The number of fused-ring (bicyclic) bond motifs is 5. The third-order valence-electron chi connectivity index (χ3n) is 11.1. The summed E-state index contributed by atoms with van der Waals surface area (Å²) < 4.78 is 6.92. The van der Waals surface area contributed by atoms with Crippen molar-refractivity contribution in [3.63, 3.8) is 0 Å². The van der Waals surface area contributed by atoms with Gasteiger partial charge < -0.3 is 4.43 Å². The van der Waals surface area contributed by atoms with Crippen molar-refractivity contribution in [1.29, 1.82) is 0 Å². The zero-order valence-corrected chi connectivity index (χ0v) is 21.7. The van der Waals surface area contributed by atoms with Crippen LogP contribution >= 0.6 is 0 Å². The molecule has 4 aliphatic carbocycles. The van der Waals surface area contributed by atoms with Crippen molar-refractivity contribution in [2.75, 3.05) is 0 Å². The zero-order valence-electron chi connectivity index (χ0n) is 20.7. The molecule has 4 aliphatic rings. The highest BCUT2D eigenvalue weighted by Gasteiger charge is 2.59. The lowest BCUT2D eigenvalue weighted by molar-refractivity contribution is -0.114. The number of rotatable bonds is 2. The third kappa shape index (κ3) is 3.43. The predicted molar refractivity (Wildman–Crippen MR) is 128 cm³/mol. The Morgan fingerprint density at radius 3 is 2.34 bits per heavy atom. The molecule has 7 atom stereocenters. The van der Waals surface area contributed by atoms with Crippen LogP contribution in [0.2, 0.25) is 18.1 Å². The minimum atomic E-state index is -1.65. The van der Waals surface area contributed by atoms with Crippen molar-refractivity contribution < 1.29 is 4.43 Å². The maximum Gasteiger partial charge on any atom is 0.192 e. The molecule has 0 aliphatic heterocycles. The van der Waals surface area contributed by atoms with Gasteiger partial charge in [-0.25, -0.2) is 0 Å². The van der Waals surface area contributed by atoms with E-state index >= 15 is 0 Å². The summed E-state index contributed by atoms with van der Waals surface area (Å²) in [4.78, 5) is 0. The molecule has 166 valence electrons. The molecule has 2 heteroatoms. The Labute approximate surface area is 182 Å². The van der Waals surface area contributed by atoms with Gasteiger partial charge in [-0.1, -0.05) is 46.3 Å². The summed E-state index contributed by atoms with van der Waals surface area (Å²) >= 11 is 0. The van der Waals surface area contributed by atoms with Crippen LogP contribution in [-0.2, 0) is 4.43 Å². The first-order chi connectivity index (χ1) is 13.4. The lowest BCUT2D eigenvalue weighted by atomic mass is 9.45. The fourth-order valence-electron chi connectivity index (χ4n) is 8.24. The molecule has 0 N–H and O–H groups in total. The summed E-state index contributed by atoms with van der Waals surface area (Å²) in [5.41, 5.74) is 2.90. The van der Waals surface area contributed by atoms with E-state index in [1.54, 1.807) is 5.57 Å². The van der Waals surface area contributed by atoms with Gasteiger partial charge in [0.1, 0.15) is 0 Å². The van der Waals surface area contributed by atoms with Crippen molar-refractivity contribution in [2.24, 2.45) is 34.5 Å². The molecule has 4 fully saturated rings. The summed E-state index contributed by atoms with van der Waals surface area (Å²) in [5, 5.41) is 0.326. The predicted octanol–water partition coefficient (Wildman–Crippen LogP) is 8.37. The molecule has 0 radical (unpaired) electrons. The van der Waals surface area contributed by atoms with Crippen LogP contribution in [0, 0.1) is 34.5 Å². The van der Waals surface area contributed by atoms with Crippen LogP contribution in [0.3, 0.4) is 0 Å². The maximum absolute atomic E-state index is 6.92. The van der Waals surface area contributed by atoms with Gasteiger partial charge in [-0.2, -0.15) is 0 Å². The summed E-state index contributed by atoms with van der Waals surface area (Å²) in [6.45, 7) is 19.7. The normalized spacial score (nSPS) is 46.9. The Morgan fingerprint density at radius 1 is 0.966 bits per heavy atom. The molecule has 4 saturated carbocycles. The molecule has 0 spiro atoms. The second-order valence-electron chi connectivity index (χ2n) is 13.2. The maximum atomic E-state index is 6.92. The van der Waals surface area contributed by atoms with Crippen molar-refractivity contribution in [3.8, 4) is 0 Å². The van der Waals surface area contributed by atoms with Gasteiger partial charge in [0, 0.05) is 6.10 Å². The lowest BCUT2D eigenvalue weighted by Crippen LogP contribution is -2.54. The van der Waals surface area contributed by atoms with E-state index in [1.807, 2.05) is 0 Å². The Bertz CT molecular complexity index is 658. The fourth-order valence-corrected chi connectivity index (χ4v) is 9.64. The minimum absolute atomic E-state index is 0.326. The van der Waals surface area contributed by atoms with E-state index in [0.29, 0.717) is 22.0 Å². The number of allylic oxidation sites excluding steroid dienone is 2. The molecule has 0 aromatic heterocycles. The standard InChI is InChI=1S/C27H48OSi/c1-9-19-11-13-23-22-12-10-20-18-21(28-29(7,8)25(2,3)4)14-16-27(20,6)24(22)15-17-26(19,23)5/h9,20-24H,10-18H2,1-8H3/b19-9-/t20?,21-,22-,23-,24-,26+,27-/m0/s1. The van der Waals surface area contributed by atoms with Crippen LogP contribution in [0.15, 0.2) is 11.6 Å². The molecule has 0 saturated heterocycles. The Hall–Kier alpha value is -0.0831. The van der Waals surface area contributed by atoms with Crippen molar-refractivity contribution in [1.82, 2.24) is 0 Å². The smallest absolute Gasteiger partial charge is 0.192 e. The molecule has 4 rings (SSSR count). The molecule has 0 aromatic carbocycles. The zero-order chi connectivity index (χ0) is 21.2. The van der Waals surface area contributed by atoms with E-state index in [-0.39, 0.29) is 0 Å². The van der Waals surface area contributed by atoms with Gasteiger partial charge in [-0.15, -0.1) is 0 Å². The van der Waals surface area contributed by atoms with E-state index in [1.165, 1.54) is 57.8 Å². The van der Waals surface area contributed by atoms with Crippen LogP contribution in [0.25, 0.3) is 0 Å². The molecular weight excluding hydrogens is 368 g/mol. The van der Waals surface area contributed by atoms with E-state index in [4.69, 9.17) is 4.43 Å². The molecule has 0 heterocycles. The van der Waals surface area contributed by atoms with Crippen molar-refractivity contribution >= 4 is 8.32 Å². The third-order valence-corrected chi connectivity index (χ3v) is 15.6. The van der Waals surface area contributed by atoms with Crippen LogP contribution in [0.5, 0.6) is 0 Å². The van der Waals surface area contributed by atoms with Gasteiger partial charge in [0.2, 0.25) is 0 Å². The Morgan fingerprint density at radius 2 is 1.69 bits per heavy atom. The average Bonchev–Trinajstić information content (AvgIpc) is 2.97. The van der Waals surface area contributed by atoms with E-state index in [9.17, 15) is 0 Å². The average molecular weight is 417 g/mol. The second kappa shape index (κ2) is 7.22. The van der Waals surface area contributed by atoms with Gasteiger partial charge in [-0.3, -0.25) is 0 Å². The fraction of sp³-hybridized carbons (Fsp3) is 0.926. The quantitative estimate of drug-likeness (QED) is 0.324. The van der Waals surface area contributed by atoms with Gasteiger partial charge in [0.15, 0.2) is 8.32 Å². The first kappa shape index (κ1) is 22.1. The highest BCUT2D eigenvalue weighted by molar-refractivity contribution is 6.74. The van der Waals surface area contributed by atoms with Crippen LogP contribution in [-0.4, -0.2) is 14.4 Å². The van der Waals surface area contributed by atoms with E-state index < -0.39 is 8.32 Å². The van der Waals surface area contributed by atoms with Crippen molar-refractivity contribution in [3.05, 3.63) is 11.6 Å². The van der Waals surface area contributed by atoms with E-state index in [2.05, 4.69) is 60.7 Å². The highest BCUT2D eigenvalue weighted by Crippen LogP contribution is 2.67. The Kier molecular flexibility index (Phi) is 5.51. The monoisotopic (exact) mass is 416 g/mol. The van der Waals surface area contributed by atoms with E-state index in [0.717, 1.165) is 23.7 Å². The highest BCUT2D eigenvalue weighted by atomic mass is 28.4. The summed E-state index contributed by atoms with van der Waals surface area (Å²) in [6.07, 6.45) is 15.8. The largest absolute Gasteiger partial charge is 0.414 e. The molecule has 1 nitrogen and oxygen atoms in total. The summed E-state index contributed by atoms with van der Waals surface area (Å²) in [7, 11) is -1.65. The topological polar surface area (TPSA) is 9.23 Å². The molecule has 0 bridgehead atoms. The lowest BCUT2D eigenvalue weighted by Gasteiger charge is -2.61. The minimum Gasteiger partial charge on any atom is -0.414 e. The van der Waals surface area contributed by atoms with Crippen LogP contribution in [0.4, 0.5) is 0 Å². The Balaban J connectivity index is 1.49. The first-order valence-electron chi connectivity index (χ1n) is 12.8. The summed E-state index contributed by atoms with van der Waals surface area (Å²) in [5.74, 6) is 3.83. The van der Waals surface area contributed by atoms with Gasteiger partial charge in [0.05, 0.1) is 0 Å². The van der Waals surface area contributed by atoms with Crippen LogP contribution < -0.4 is 0 Å². The SMILES string of the molecule is C/C=C1/CC[C@H]2[C@@H]3CCC4C[C@@H](O[Si](C)(C)C(C)(C)C)CC[C@]4(C)[C@H]3CC[C@]12C. The number of hydrogen-bond acceptors (Lipinski definition) is 1. The molecule has 1 unspecified atom stereocenters. The number of hydrogen-bond donors (Lipinski definition) is 0. The second-order valence-corrected chi connectivity index (χ2v) is 18.0.